The van der Waals surface area contributed by atoms with E-state index in [4.69, 9.17) is 0 Å². The van der Waals surface area contributed by atoms with Crippen LogP contribution in [0.15, 0.2) is 67.1 Å². The predicted molar refractivity (Wildman–Crippen MR) is 111 cm³/mol. The van der Waals surface area contributed by atoms with Crippen LogP contribution in [0.2, 0.25) is 0 Å². The SMILES string of the molecule is O=C(NCc1ccccn1)c1cncc(Nc2ccc(N3CCCC3)cc2)c1. The molecule has 0 aliphatic carbocycles. The second kappa shape index (κ2) is 8.52. The number of benzene rings is 1. The fourth-order valence-electron chi connectivity index (χ4n) is 3.31. The molecule has 3 heterocycles. The van der Waals surface area contributed by atoms with Gasteiger partial charge in [0.2, 0.25) is 0 Å². The topological polar surface area (TPSA) is 70.1 Å². The van der Waals surface area contributed by atoms with Crippen molar-refractivity contribution in [3.63, 3.8) is 0 Å². The number of nitrogens with zero attached hydrogens (tertiary/aromatic N) is 3. The molecule has 4 rings (SSSR count). The Morgan fingerprint density at radius 3 is 2.57 bits per heavy atom. The van der Waals surface area contributed by atoms with E-state index in [0.29, 0.717) is 12.1 Å². The molecule has 1 aromatic carbocycles. The first-order valence-electron chi connectivity index (χ1n) is 9.53. The largest absolute Gasteiger partial charge is 0.372 e. The number of nitrogens with one attached hydrogen (secondary N) is 2. The first-order chi connectivity index (χ1) is 13.8. The van der Waals surface area contributed by atoms with E-state index in [1.54, 1.807) is 24.7 Å². The highest BCUT2D eigenvalue weighted by atomic mass is 16.1. The molecule has 3 aromatic rings. The quantitative estimate of drug-likeness (QED) is 0.689. The van der Waals surface area contributed by atoms with Gasteiger partial charge in [-0.2, -0.15) is 0 Å². The van der Waals surface area contributed by atoms with Crippen molar-refractivity contribution in [3.8, 4) is 0 Å². The molecule has 6 heteroatoms. The molecule has 0 radical (unpaired) electrons. The molecular weight excluding hydrogens is 350 g/mol. The Labute approximate surface area is 164 Å². The van der Waals surface area contributed by atoms with Crippen molar-refractivity contribution < 1.29 is 4.79 Å². The van der Waals surface area contributed by atoms with E-state index >= 15 is 0 Å². The van der Waals surface area contributed by atoms with Crippen LogP contribution in [0.1, 0.15) is 28.9 Å². The fourth-order valence-corrected chi connectivity index (χ4v) is 3.31. The minimum atomic E-state index is -0.175. The monoisotopic (exact) mass is 373 g/mol. The standard InChI is InChI=1S/C22H23N5O/c28-22(25-16-19-5-1-2-10-24-19)17-13-20(15-23-14-17)26-18-6-8-21(9-7-18)27-11-3-4-12-27/h1-2,5-10,13-15,26H,3-4,11-12,16H2,(H,25,28). The molecule has 0 saturated carbocycles. The molecule has 1 aliphatic heterocycles. The van der Waals surface area contributed by atoms with E-state index in [-0.39, 0.29) is 5.91 Å². The van der Waals surface area contributed by atoms with Gasteiger partial charge < -0.3 is 15.5 Å². The van der Waals surface area contributed by atoms with E-state index < -0.39 is 0 Å². The zero-order valence-electron chi connectivity index (χ0n) is 15.6. The Morgan fingerprint density at radius 1 is 1.00 bits per heavy atom. The average Bonchev–Trinajstić information content (AvgIpc) is 3.28. The van der Waals surface area contributed by atoms with Crippen LogP contribution in [0.5, 0.6) is 0 Å². The van der Waals surface area contributed by atoms with Gasteiger partial charge in [-0.3, -0.25) is 14.8 Å². The third-order valence-corrected chi connectivity index (χ3v) is 4.78. The van der Waals surface area contributed by atoms with Gasteiger partial charge in [0.25, 0.3) is 5.91 Å². The number of rotatable bonds is 6. The number of hydrogen-bond acceptors (Lipinski definition) is 5. The molecule has 0 spiro atoms. The fraction of sp³-hybridized carbons (Fsp3) is 0.227. The zero-order valence-corrected chi connectivity index (χ0v) is 15.6. The van der Waals surface area contributed by atoms with Crippen LogP contribution in [0.25, 0.3) is 0 Å². The Hall–Kier alpha value is -3.41. The molecule has 142 valence electrons. The minimum absolute atomic E-state index is 0.175. The number of carbonyl (C=O) groups is 1. The first kappa shape index (κ1) is 18.0. The highest BCUT2D eigenvalue weighted by molar-refractivity contribution is 5.94. The molecule has 1 saturated heterocycles. The lowest BCUT2D eigenvalue weighted by Crippen LogP contribution is -2.23. The maximum Gasteiger partial charge on any atom is 0.253 e. The van der Waals surface area contributed by atoms with Crippen molar-refractivity contribution >= 4 is 23.0 Å². The Morgan fingerprint density at radius 2 is 1.82 bits per heavy atom. The molecule has 0 unspecified atom stereocenters. The van der Waals surface area contributed by atoms with Crippen molar-refractivity contribution in [2.45, 2.75) is 19.4 Å². The first-order valence-corrected chi connectivity index (χ1v) is 9.53. The Balaban J connectivity index is 1.38. The van der Waals surface area contributed by atoms with Crippen molar-refractivity contribution in [1.29, 1.82) is 0 Å². The van der Waals surface area contributed by atoms with Crippen molar-refractivity contribution in [3.05, 3.63) is 78.4 Å². The average molecular weight is 373 g/mol. The summed E-state index contributed by atoms with van der Waals surface area (Å²) in [7, 11) is 0. The van der Waals surface area contributed by atoms with Crippen LogP contribution in [0.4, 0.5) is 17.1 Å². The minimum Gasteiger partial charge on any atom is -0.372 e. The summed E-state index contributed by atoms with van der Waals surface area (Å²) in [6, 6.07) is 15.8. The van der Waals surface area contributed by atoms with Crippen LogP contribution in [0.3, 0.4) is 0 Å². The normalized spacial score (nSPS) is 13.4. The summed E-state index contributed by atoms with van der Waals surface area (Å²) >= 11 is 0. The molecule has 0 bridgehead atoms. The maximum absolute atomic E-state index is 12.4. The lowest BCUT2D eigenvalue weighted by molar-refractivity contribution is 0.0950. The Bertz CT molecular complexity index is 921. The van der Waals surface area contributed by atoms with Gasteiger partial charge in [0, 0.05) is 36.9 Å². The number of carbonyl (C=O) groups excluding carboxylic acids is 1. The van der Waals surface area contributed by atoms with Crippen LogP contribution in [-0.2, 0) is 6.54 Å². The maximum atomic E-state index is 12.4. The summed E-state index contributed by atoms with van der Waals surface area (Å²) in [5, 5.41) is 6.19. The summed E-state index contributed by atoms with van der Waals surface area (Å²) in [4.78, 5) is 23.2. The van der Waals surface area contributed by atoms with Gasteiger partial charge in [-0.25, -0.2) is 0 Å². The van der Waals surface area contributed by atoms with E-state index in [9.17, 15) is 4.79 Å². The van der Waals surface area contributed by atoms with Gasteiger partial charge >= 0.3 is 0 Å². The second-order valence-electron chi connectivity index (χ2n) is 6.83. The van der Waals surface area contributed by atoms with Gasteiger partial charge in [-0.05, 0) is 55.3 Å². The van der Waals surface area contributed by atoms with Gasteiger partial charge in [0.05, 0.1) is 29.7 Å². The van der Waals surface area contributed by atoms with Crippen LogP contribution >= 0.6 is 0 Å². The van der Waals surface area contributed by atoms with Crippen LogP contribution < -0.4 is 15.5 Å². The number of anilines is 3. The molecule has 0 atom stereocenters. The van der Waals surface area contributed by atoms with Crippen molar-refractivity contribution in [2.24, 2.45) is 0 Å². The highest BCUT2D eigenvalue weighted by Crippen LogP contribution is 2.24. The van der Waals surface area contributed by atoms with Gasteiger partial charge in [0.1, 0.15) is 0 Å². The summed E-state index contributed by atoms with van der Waals surface area (Å²) in [6.45, 7) is 2.65. The summed E-state index contributed by atoms with van der Waals surface area (Å²) in [5.41, 5.74) is 4.32. The van der Waals surface area contributed by atoms with Crippen LogP contribution in [-0.4, -0.2) is 29.0 Å². The summed E-state index contributed by atoms with van der Waals surface area (Å²) < 4.78 is 0. The third kappa shape index (κ3) is 4.46. The van der Waals surface area contributed by atoms with Gasteiger partial charge in [-0.15, -0.1) is 0 Å². The molecule has 28 heavy (non-hydrogen) atoms. The molecule has 2 aromatic heterocycles. The van der Waals surface area contributed by atoms with Crippen molar-refractivity contribution in [2.75, 3.05) is 23.3 Å². The molecule has 2 N–H and O–H groups in total. The van der Waals surface area contributed by atoms with Gasteiger partial charge in [0.15, 0.2) is 0 Å². The lowest BCUT2D eigenvalue weighted by atomic mass is 10.2. The number of hydrogen-bond donors (Lipinski definition) is 2. The highest BCUT2D eigenvalue weighted by Gasteiger charge is 2.12. The molecule has 1 amide bonds. The number of amides is 1. The second-order valence-corrected chi connectivity index (χ2v) is 6.83. The molecule has 1 fully saturated rings. The van der Waals surface area contributed by atoms with E-state index in [0.717, 1.165) is 30.2 Å². The van der Waals surface area contributed by atoms with E-state index in [1.165, 1.54) is 18.5 Å². The van der Waals surface area contributed by atoms with Crippen molar-refractivity contribution in [1.82, 2.24) is 15.3 Å². The van der Waals surface area contributed by atoms with E-state index in [1.807, 2.05) is 18.2 Å². The summed E-state index contributed by atoms with van der Waals surface area (Å²) in [5.74, 6) is -0.175. The third-order valence-electron chi connectivity index (χ3n) is 4.78. The zero-order chi connectivity index (χ0) is 19.2. The predicted octanol–water partition coefficient (Wildman–Crippen LogP) is 3.75. The lowest BCUT2D eigenvalue weighted by Gasteiger charge is -2.18. The number of aromatic nitrogens is 2. The molecular formula is C22H23N5O. The smallest absolute Gasteiger partial charge is 0.253 e. The van der Waals surface area contributed by atoms with Crippen LogP contribution in [0, 0.1) is 0 Å². The van der Waals surface area contributed by atoms with E-state index in [2.05, 4.69) is 49.8 Å². The van der Waals surface area contributed by atoms with Gasteiger partial charge in [-0.1, -0.05) is 6.07 Å². The molecule has 6 nitrogen and oxygen atoms in total. The molecule has 1 aliphatic rings. The Kier molecular flexibility index (Phi) is 5.47. The summed E-state index contributed by atoms with van der Waals surface area (Å²) in [6.07, 6.45) is 7.52. The number of pyridine rings is 2.